The average molecular weight is 1080 g/mol. The van der Waals surface area contributed by atoms with E-state index in [1.165, 1.54) is 18.7 Å². The van der Waals surface area contributed by atoms with Crippen molar-refractivity contribution >= 4 is 59.0 Å². The topological polar surface area (TPSA) is 286 Å². The molecule has 0 saturated carbocycles. The molecule has 0 saturated heterocycles. The monoisotopic (exact) mass is 1080 g/mol. The molecular formula is C56H66F2N8O12. The van der Waals surface area contributed by atoms with Crippen LogP contribution in [0.2, 0.25) is 0 Å². The number of hydrogen-bond acceptors (Lipinski definition) is 12. The second-order valence-electron chi connectivity index (χ2n) is 20.0. The van der Waals surface area contributed by atoms with Gasteiger partial charge in [-0.25, -0.2) is 13.6 Å². The Morgan fingerprint density at radius 3 is 2.03 bits per heavy atom. The van der Waals surface area contributed by atoms with Crippen LogP contribution in [-0.4, -0.2) is 123 Å². The highest BCUT2D eigenvalue weighted by Crippen LogP contribution is 2.41. The molecule has 0 bridgehead atoms. The molecule has 20 nitrogen and oxygen atoms in total. The van der Waals surface area contributed by atoms with E-state index in [-0.39, 0.29) is 56.6 Å². The number of nitrogens with two attached hydrogens (primary N) is 1. The third-order valence-electron chi connectivity index (χ3n) is 12.7. The van der Waals surface area contributed by atoms with Crippen molar-refractivity contribution in [1.29, 1.82) is 0 Å². The maximum Gasteiger partial charge on any atom is 0.408 e. The first-order valence-electron chi connectivity index (χ1n) is 25.3. The highest BCUT2D eigenvalue weighted by molar-refractivity contribution is 6.14. The third-order valence-corrected chi connectivity index (χ3v) is 12.7. The number of ketones is 2. The van der Waals surface area contributed by atoms with Gasteiger partial charge in [0.1, 0.15) is 36.9 Å². The van der Waals surface area contributed by atoms with Crippen molar-refractivity contribution < 1.29 is 66.6 Å². The molecule has 5 rings (SSSR count). The number of alkyl carbamates (subject to hydrolysis) is 1. The molecule has 78 heavy (non-hydrogen) atoms. The van der Waals surface area contributed by atoms with Crippen molar-refractivity contribution in [3.63, 3.8) is 0 Å². The van der Waals surface area contributed by atoms with Gasteiger partial charge in [0.2, 0.25) is 29.5 Å². The Labute approximate surface area is 450 Å². The second kappa shape index (κ2) is 28.1. The van der Waals surface area contributed by atoms with Gasteiger partial charge >= 0.3 is 6.09 Å². The van der Waals surface area contributed by atoms with Gasteiger partial charge in [0.15, 0.2) is 11.6 Å². The van der Waals surface area contributed by atoms with Crippen LogP contribution >= 0.6 is 0 Å². The van der Waals surface area contributed by atoms with Crippen molar-refractivity contribution in [2.45, 2.75) is 104 Å². The summed E-state index contributed by atoms with van der Waals surface area (Å²) in [7, 11) is 0. The molecule has 8 amide bonds. The lowest BCUT2D eigenvalue weighted by Crippen LogP contribution is -2.56. The molecule has 0 unspecified atom stereocenters. The molecule has 1 aliphatic rings. The van der Waals surface area contributed by atoms with Crippen LogP contribution in [0.15, 0.2) is 103 Å². The smallest absolute Gasteiger partial charge is 0.408 e. The maximum atomic E-state index is 15.4. The Balaban J connectivity index is 1.39. The molecular weight excluding hydrogens is 1010 g/mol. The molecule has 7 N–H and O–H groups in total. The molecule has 416 valence electrons. The van der Waals surface area contributed by atoms with Crippen LogP contribution in [0.25, 0.3) is 11.1 Å². The van der Waals surface area contributed by atoms with Gasteiger partial charge in [-0.1, -0.05) is 88.4 Å². The lowest BCUT2D eigenvalue weighted by molar-refractivity contribution is -0.141. The molecule has 0 spiro atoms. The molecule has 1 aromatic heterocycles. The largest absolute Gasteiger partial charge is 0.445 e. The summed E-state index contributed by atoms with van der Waals surface area (Å²) in [6.07, 6.45) is 1.07. The molecule has 0 radical (unpaired) electrons. The van der Waals surface area contributed by atoms with Crippen LogP contribution in [0.5, 0.6) is 0 Å². The number of imide groups is 1. The minimum absolute atomic E-state index is 0.0166. The number of Topliss-reactive ketones (excluding diaryl/α,β-unsaturated/α-hetero) is 2. The average Bonchev–Trinajstić information content (AvgIpc) is 3.96. The first kappa shape index (κ1) is 60.5. The van der Waals surface area contributed by atoms with Gasteiger partial charge in [-0.3, -0.25) is 48.1 Å². The number of nitrogens with zero attached hydrogens (tertiary/aromatic N) is 3. The first-order valence-corrected chi connectivity index (χ1v) is 25.3. The molecule has 5 atom stereocenters. The van der Waals surface area contributed by atoms with Crippen LogP contribution in [0.1, 0.15) is 89.6 Å². The zero-order chi connectivity index (χ0) is 57.3. The van der Waals surface area contributed by atoms with E-state index >= 15 is 4.39 Å². The number of hydrogen-bond donors (Lipinski definition) is 6. The van der Waals surface area contributed by atoms with E-state index in [0.29, 0.717) is 11.3 Å². The number of aliphatic hydroxyl groups excluding tert-OH is 1. The molecule has 22 heteroatoms. The minimum Gasteiger partial charge on any atom is -0.445 e. The van der Waals surface area contributed by atoms with E-state index in [4.69, 9.17) is 10.5 Å². The van der Waals surface area contributed by atoms with E-state index in [2.05, 4.69) is 21.3 Å². The number of halogens is 2. The highest BCUT2D eigenvalue weighted by atomic mass is 19.1. The Bertz CT molecular complexity index is 2850. The van der Waals surface area contributed by atoms with E-state index < -0.39 is 132 Å². The number of nitrogens with one attached hydrogen (secondary N) is 4. The van der Waals surface area contributed by atoms with Crippen molar-refractivity contribution in [2.24, 2.45) is 17.1 Å². The van der Waals surface area contributed by atoms with Gasteiger partial charge in [-0.2, -0.15) is 0 Å². The third kappa shape index (κ3) is 17.6. The number of benzene rings is 3. The van der Waals surface area contributed by atoms with Crippen LogP contribution in [0.3, 0.4) is 0 Å². The van der Waals surface area contributed by atoms with Gasteiger partial charge in [0.05, 0.1) is 25.0 Å². The van der Waals surface area contributed by atoms with Gasteiger partial charge in [0.25, 0.3) is 11.8 Å². The summed E-state index contributed by atoms with van der Waals surface area (Å²) in [5.74, 6) is -9.54. The zero-order valence-electron chi connectivity index (χ0n) is 44.1. The SMILES string of the molecule is C[C@H](CC(=O)[C@H](C)NC(=O)OCc1ccccc1)C(=O)N[C@@H](CC(N)=O)C(=O)N[C@@H](CCN(C(=O)CO)[C@@H](c1cc(-c2cc(F)ccc2F)cn1Cc1ccccc1)C(C)(C)C)C(=O)NCCCC(=O)CN1C(=O)C=CC1=O. The van der Waals surface area contributed by atoms with Crippen LogP contribution in [0, 0.1) is 23.0 Å². The minimum atomic E-state index is -1.71. The fourth-order valence-corrected chi connectivity index (χ4v) is 8.69. The summed E-state index contributed by atoms with van der Waals surface area (Å²) < 4.78 is 37.0. The maximum absolute atomic E-state index is 15.4. The van der Waals surface area contributed by atoms with Crippen molar-refractivity contribution in [2.75, 3.05) is 26.2 Å². The number of carbonyl (C=O) groups is 10. The Morgan fingerprint density at radius 1 is 0.782 bits per heavy atom. The second-order valence-corrected chi connectivity index (χ2v) is 20.0. The van der Waals surface area contributed by atoms with Gasteiger partial charge < -0.3 is 46.3 Å². The molecule has 3 aromatic carbocycles. The normalized spacial score (nSPS) is 14.1. The number of amides is 8. The molecule has 0 fully saturated rings. The van der Waals surface area contributed by atoms with Crippen molar-refractivity contribution in [3.05, 3.63) is 132 Å². The van der Waals surface area contributed by atoms with Gasteiger partial charge in [-0.05, 0) is 60.6 Å². The lowest BCUT2D eigenvalue weighted by atomic mass is 9.82. The van der Waals surface area contributed by atoms with E-state index in [0.717, 1.165) is 40.8 Å². The van der Waals surface area contributed by atoms with Gasteiger partial charge in [-0.15, -0.1) is 0 Å². The Kier molecular flexibility index (Phi) is 21.8. The van der Waals surface area contributed by atoms with E-state index in [1.54, 1.807) is 67.9 Å². The summed E-state index contributed by atoms with van der Waals surface area (Å²) in [5, 5.41) is 20.5. The number of rotatable bonds is 28. The standard InChI is InChI=1S/C56H66F2N8O12/c1-34(25-46(69)35(2)61-55(77)78-33-37-15-10-7-11-16-37)52(74)63-44(28-47(59)70)54(76)62-43(53(75)60-23-12-17-40(68)31-66-48(71)20-21-49(66)72)22-24-65(50(73)32-67)51(56(3,4)5)45-26-38(41-27-39(57)18-19-42(41)58)30-64(45)29-36-13-8-6-9-14-36/h6-11,13-16,18-21,26-27,30,34-35,43-44,51,67H,12,17,22-25,28-29,31-33H2,1-5H3,(H2,59,70)(H,60,75)(H,61,77)(H,62,76)(H,63,74)/t34-,35+,43+,44+,51+/m1/s1. The summed E-state index contributed by atoms with van der Waals surface area (Å²) >= 11 is 0. The molecule has 4 aromatic rings. The number of aromatic nitrogens is 1. The van der Waals surface area contributed by atoms with E-state index in [9.17, 15) is 57.4 Å². The summed E-state index contributed by atoms with van der Waals surface area (Å²) in [4.78, 5) is 133. The molecule has 1 aliphatic heterocycles. The number of carbonyl (C=O) groups excluding carboxylic acids is 10. The summed E-state index contributed by atoms with van der Waals surface area (Å²) in [6.45, 7) is 6.29. The molecule has 2 heterocycles. The van der Waals surface area contributed by atoms with Crippen molar-refractivity contribution in [1.82, 2.24) is 35.6 Å². The van der Waals surface area contributed by atoms with E-state index in [1.807, 2.05) is 30.3 Å². The summed E-state index contributed by atoms with van der Waals surface area (Å²) in [6, 6.07) is 17.2. The zero-order valence-corrected chi connectivity index (χ0v) is 44.1. The van der Waals surface area contributed by atoms with Crippen LogP contribution in [-0.2, 0) is 61.0 Å². The lowest BCUT2D eigenvalue weighted by Gasteiger charge is -2.41. The van der Waals surface area contributed by atoms with Crippen LogP contribution < -0.4 is 27.0 Å². The predicted molar refractivity (Wildman–Crippen MR) is 280 cm³/mol. The fourth-order valence-electron chi connectivity index (χ4n) is 8.69. The highest BCUT2D eigenvalue weighted by Gasteiger charge is 2.39. The number of aliphatic hydroxyl groups is 1. The predicted octanol–water partition coefficient (Wildman–Crippen LogP) is 3.93. The number of ether oxygens (including phenoxy) is 1. The Hall–Kier alpha value is -8.40. The van der Waals surface area contributed by atoms with Gasteiger partial charge in [0, 0.05) is 73.6 Å². The quantitative estimate of drug-likeness (QED) is 0.0349. The molecule has 0 aliphatic carbocycles. The van der Waals surface area contributed by atoms with Crippen molar-refractivity contribution in [3.8, 4) is 11.1 Å². The number of primary amides is 1. The summed E-state index contributed by atoms with van der Waals surface area (Å²) in [5.41, 5.74) is 6.80. The Morgan fingerprint density at radius 2 is 1.41 bits per heavy atom. The first-order chi connectivity index (χ1) is 36.9. The fraction of sp³-hybridized carbons (Fsp3) is 0.393. The van der Waals surface area contributed by atoms with Crippen LogP contribution in [0.4, 0.5) is 13.6 Å².